The lowest BCUT2D eigenvalue weighted by molar-refractivity contribution is 0.0781. The maximum atomic E-state index is 12.7. The van der Waals surface area contributed by atoms with Crippen molar-refractivity contribution in [3.63, 3.8) is 0 Å². The van der Waals surface area contributed by atoms with Crippen LogP contribution in [0.1, 0.15) is 28.9 Å². The molecule has 0 radical (unpaired) electrons. The molecule has 23 heavy (non-hydrogen) atoms. The molecule has 2 aromatic rings. The smallest absolute Gasteiger partial charge is 0.278 e. The fraction of sp³-hybridized carbons (Fsp3) is 0.353. The van der Waals surface area contributed by atoms with E-state index in [-0.39, 0.29) is 22.9 Å². The number of aryl methyl sites for hydroxylation is 1. The number of rotatable bonds is 3. The number of hydrogen-bond acceptors (Lipinski definition) is 4. The number of aromatic nitrogens is 2. The van der Waals surface area contributed by atoms with E-state index in [2.05, 4.69) is 5.10 Å². The Hall–Kier alpha value is -2.63. The van der Waals surface area contributed by atoms with Gasteiger partial charge in [-0.05, 0) is 31.4 Å². The van der Waals surface area contributed by atoms with Crippen LogP contribution in [0.25, 0.3) is 5.69 Å². The molecule has 0 saturated carbocycles. The van der Waals surface area contributed by atoms with Gasteiger partial charge in [-0.25, -0.2) is 0 Å². The molecule has 6 heteroatoms. The van der Waals surface area contributed by atoms with Crippen molar-refractivity contribution in [2.24, 2.45) is 0 Å². The lowest BCUT2D eigenvalue weighted by Crippen LogP contribution is -2.32. The van der Waals surface area contributed by atoms with E-state index in [1.165, 1.54) is 17.9 Å². The molecule has 0 N–H and O–H groups in total. The second-order valence-electron chi connectivity index (χ2n) is 5.60. The van der Waals surface area contributed by atoms with Crippen LogP contribution in [0, 0.1) is 6.92 Å². The highest BCUT2D eigenvalue weighted by Gasteiger charge is 2.25. The minimum Gasteiger partial charge on any atom is -0.494 e. The minimum atomic E-state index is -0.325. The van der Waals surface area contributed by atoms with Crippen molar-refractivity contribution in [2.45, 2.75) is 19.8 Å². The van der Waals surface area contributed by atoms with Gasteiger partial charge in [0, 0.05) is 13.1 Å². The van der Waals surface area contributed by atoms with Crippen molar-refractivity contribution in [3.05, 3.63) is 51.9 Å². The zero-order valence-corrected chi connectivity index (χ0v) is 13.3. The second kappa shape index (κ2) is 6.24. The number of amides is 1. The van der Waals surface area contributed by atoms with E-state index in [4.69, 9.17) is 4.74 Å². The largest absolute Gasteiger partial charge is 0.494 e. The van der Waals surface area contributed by atoms with Crippen molar-refractivity contribution in [1.29, 1.82) is 0 Å². The van der Waals surface area contributed by atoms with Crippen LogP contribution >= 0.6 is 0 Å². The van der Waals surface area contributed by atoms with Crippen molar-refractivity contribution in [3.8, 4) is 11.4 Å². The molecule has 1 aromatic heterocycles. The molecule has 3 rings (SSSR count). The Morgan fingerprint density at radius 3 is 2.57 bits per heavy atom. The van der Waals surface area contributed by atoms with Gasteiger partial charge in [-0.3, -0.25) is 9.59 Å². The van der Waals surface area contributed by atoms with E-state index in [0.717, 1.165) is 18.4 Å². The molecule has 6 nitrogen and oxygen atoms in total. The van der Waals surface area contributed by atoms with Crippen LogP contribution in [-0.2, 0) is 0 Å². The van der Waals surface area contributed by atoms with Gasteiger partial charge in [0.15, 0.2) is 11.4 Å². The second-order valence-corrected chi connectivity index (χ2v) is 5.60. The summed E-state index contributed by atoms with van der Waals surface area (Å²) in [5.41, 5.74) is 1.42. The number of carbonyl (C=O) groups excluding carboxylic acids is 1. The number of methoxy groups -OCH3 is 1. The molecule has 120 valence electrons. The van der Waals surface area contributed by atoms with Crippen LogP contribution in [0.3, 0.4) is 0 Å². The molecule has 1 aromatic carbocycles. The van der Waals surface area contributed by atoms with Gasteiger partial charge in [0.25, 0.3) is 11.5 Å². The Morgan fingerprint density at radius 1 is 1.22 bits per heavy atom. The molecule has 1 aliphatic rings. The summed E-state index contributed by atoms with van der Waals surface area (Å²) in [5.74, 6) is 0.0263. The zero-order valence-electron chi connectivity index (χ0n) is 13.3. The highest BCUT2D eigenvalue weighted by atomic mass is 16.5. The van der Waals surface area contributed by atoms with Gasteiger partial charge in [-0.1, -0.05) is 18.2 Å². The molecule has 0 unspecified atom stereocenters. The van der Waals surface area contributed by atoms with Gasteiger partial charge in [-0.15, -0.1) is 0 Å². The Morgan fingerprint density at radius 2 is 1.91 bits per heavy atom. The first kappa shape index (κ1) is 15.3. The molecule has 1 amide bonds. The molecule has 0 aliphatic carbocycles. The molecular formula is C17H19N3O3. The van der Waals surface area contributed by atoms with E-state index >= 15 is 0 Å². The number of ether oxygens (including phenoxy) is 1. The number of benzene rings is 1. The number of likely N-dealkylation sites (tertiary alicyclic amines) is 1. The van der Waals surface area contributed by atoms with E-state index < -0.39 is 0 Å². The lowest BCUT2D eigenvalue weighted by Gasteiger charge is -2.17. The summed E-state index contributed by atoms with van der Waals surface area (Å²) >= 11 is 0. The summed E-state index contributed by atoms with van der Waals surface area (Å²) in [4.78, 5) is 26.8. The Labute approximate surface area is 134 Å². The van der Waals surface area contributed by atoms with E-state index in [9.17, 15) is 9.59 Å². The lowest BCUT2D eigenvalue weighted by atomic mass is 10.2. The van der Waals surface area contributed by atoms with Crippen LogP contribution in [0.5, 0.6) is 5.75 Å². The standard InChI is InChI=1S/C17H19N3O3/c1-12-7-3-4-8-13(12)20-15(21)11-14(23-2)16(18-20)17(22)19-9-5-6-10-19/h3-4,7-8,11H,5-6,9-10H2,1-2H3. The van der Waals surface area contributed by atoms with Gasteiger partial charge >= 0.3 is 0 Å². The monoisotopic (exact) mass is 313 g/mol. The van der Waals surface area contributed by atoms with Gasteiger partial charge in [0.05, 0.1) is 18.9 Å². The summed E-state index contributed by atoms with van der Waals surface area (Å²) in [6.07, 6.45) is 1.98. The van der Waals surface area contributed by atoms with Crippen molar-refractivity contribution < 1.29 is 9.53 Å². The van der Waals surface area contributed by atoms with Crippen LogP contribution in [-0.4, -0.2) is 40.8 Å². The van der Waals surface area contributed by atoms with Gasteiger partial charge < -0.3 is 9.64 Å². The van der Waals surface area contributed by atoms with E-state index in [1.807, 2.05) is 25.1 Å². The number of carbonyl (C=O) groups is 1. The highest BCUT2D eigenvalue weighted by Crippen LogP contribution is 2.20. The molecule has 2 heterocycles. The van der Waals surface area contributed by atoms with Crippen molar-refractivity contribution >= 4 is 5.91 Å². The summed E-state index contributed by atoms with van der Waals surface area (Å²) in [6, 6.07) is 8.76. The fourth-order valence-electron chi connectivity index (χ4n) is 2.79. The number of hydrogen-bond donors (Lipinski definition) is 0. The van der Waals surface area contributed by atoms with Crippen molar-refractivity contribution in [1.82, 2.24) is 14.7 Å². The molecule has 1 fully saturated rings. The number of para-hydroxylation sites is 1. The maximum Gasteiger partial charge on any atom is 0.278 e. The third kappa shape index (κ3) is 2.84. The molecular weight excluding hydrogens is 294 g/mol. The average Bonchev–Trinajstić information content (AvgIpc) is 3.09. The predicted octanol–water partition coefficient (Wildman–Crippen LogP) is 1.79. The number of nitrogens with zero attached hydrogens (tertiary/aromatic N) is 3. The Kier molecular flexibility index (Phi) is 4.14. The van der Waals surface area contributed by atoms with Crippen LogP contribution in [0.4, 0.5) is 0 Å². The van der Waals surface area contributed by atoms with Crippen molar-refractivity contribution in [2.75, 3.05) is 20.2 Å². The maximum absolute atomic E-state index is 12.7. The topological polar surface area (TPSA) is 64.4 Å². The Balaban J connectivity index is 2.12. The van der Waals surface area contributed by atoms with Crippen LogP contribution < -0.4 is 10.3 Å². The third-order valence-electron chi connectivity index (χ3n) is 4.06. The summed E-state index contributed by atoms with van der Waals surface area (Å²) < 4.78 is 6.47. The third-order valence-corrected chi connectivity index (χ3v) is 4.06. The average molecular weight is 313 g/mol. The molecule has 0 bridgehead atoms. The van der Waals surface area contributed by atoms with Gasteiger partial charge in [-0.2, -0.15) is 9.78 Å². The first-order chi connectivity index (χ1) is 11.1. The normalized spacial score (nSPS) is 14.1. The summed E-state index contributed by atoms with van der Waals surface area (Å²) in [7, 11) is 1.44. The molecule has 0 spiro atoms. The fourth-order valence-corrected chi connectivity index (χ4v) is 2.79. The summed E-state index contributed by atoms with van der Waals surface area (Å²) in [5, 5.41) is 4.31. The minimum absolute atomic E-state index is 0.178. The van der Waals surface area contributed by atoms with Gasteiger partial charge in [0.1, 0.15) is 0 Å². The SMILES string of the molecule is COc1cc(=O)n(-c2ccccc2C)nc1C(=O)N1CCCC1. The molecule has 1 saturated heterocycles. The quantitative estimate of drug-likeness (QED) is 0.866. The molecule has 0 atom stereocenters. The Bertz CT molecular complexity index is 792. The van der Waals surface area contributed by atoms with E-state index in [0.29, 0.717) is 18.8 Å². The van der Waals surface area contributed by atoms with E-state index in [1.54, 1.807) is 11.0 Å². The first-order valence-electron chi connectivity index (χ1n) is 7.65. The highest BCUT2D eigenvalue weighted by molar-refractivity contribution is 5.95. The zero-order chi connectivity index (χ0) is 16.4. The van der Waals surface area contributed by atoms with Crippen LogP contribution in [0.2, 0.25) is 0 Å². The first-order valence-corrected chi connectivity index (χ1v) is 7.65. The van der Waals surface area contributed by atoms with Gasteiger partial charge in [0.2, 0.25) is 0 Å². The predicted molar refractivity (Wildman–Crippen MR) is 86.3 cm³/mol. The molecule has 1 aliphatic heterocycles. The summed E-state index contributed by atoms with van der Waals surface area (Å²) in [6.45, 7) is 3.33. The van der Waals surface area contributed by atoms with Crippen LogP contribution in [0.15, 0.2) is 35.1 Å².